The van der Waals surface area contributed by atoms with Crippen molar-refractivity contribution in [2.24, 2.45) is 0 Å². The van der Waals surface area contributed by atoms with Crippen LogP contribution in [0.25, 0.3) is 11.1 Å². The highest BCUT2D eigenvalue weighted by Crippen LogP contribution is 2.36. The topological polar surface area (TPSA) is 75.4 Å². The van der Waals surface area contributed by atoms with Gasteiger partial charge < -0.3 is 14.7 Å². The van der Waals surface area contributed by atoms with E-state index in [0.29, 0.717) is 30.9 Å². The minimum absolute atomic E-state index is 0.0656. The van der Waals surface area contributed by atoms with E-state index in [1.165, 1.54) is 6.26 Å². The Morgan fingerprint density at radius 1 is 1.03 bits per heavy atom. The molecule has 1 aliphatic heterocycles. The number of likely N-dealkylation sites (tertiary alicyclic amines) is 1. The number of aromatic nitrogens is 1. The molecule has 6 nitrogen and oxygen atoms in total. The number of amides is 2. The van der Waals surface area contributed by atoms with Crippen molar-refractivity contribution in [3.8, 4) is 11.1 Å². The second kappa shape index (κ2) is 9.35. The number of piperidine rings is 1. The molecule has 31 heavy (non-hydrogen) atoms. The van der Waals surface area contributed by atoms with E-state index in [-0.39, 0.29) is 23.1 Å². The number of rotatable bonds is 6. The number of carbonyl (C=O) groups excluding carboxylic acids is 2. The Morgan fingerprint density at radius 2 is 1.68 bits per heavy atom. The van der Waals surface area contributed by atoms with Gasteiger partial charge in [0.2, 0.25) is 5.91 Å². The van der Waals surface area contributed by atoms with Gasteiger partial charge in [-0.2, -0.15) is 0 Å². The average Bonchev–Trinajstić information content (AvgIpc) is 3.33. The summed E-state index contributed by atoms with van der Waals surface area (Å²) in [6.45, 7) is 1.61. The quantitative estimate of drug-likeness (QED) is 0.594. The van der Waals surface area contributed by atoms with Crippen LogP contribution in [0.1, 0.15) is 28.9 Å². The van der Waals surface area contributed by atoms with E-state index in [4.69, 9.17) is 16.1 Å². The minimum atomic E-state index is -0.244. The first kappa shape index (κ1) is 21.1. The van der Waals surface area contributed by atoms with Crippen molar-refractivity contribution in [1.29, 1.82) is 0 Å². The maximum Gasteiger partial charge on any atom is 0.276 e. The molecule has 7 heteroatoms. The highest BCUT2D eigenvalue weighted by atomic mass is 35.5. The lowest BCUT2D eigenvalue weighted by Crippen LogP contribution is -2.50. The number of halogens is 1. The lowest BCUT2D eigenvalue weighted by Gasteiger charge is -2.42. The number of hydrogen-bond acceptors (Lipinski definition) is 4. The van der Waals surface area contributed by atoms with Gasteiger partial charge in [-0.1, -0.05) is 65.8 Å². The monoisotopic (exact) mass is 437 g/mol. The van der Waals surface area contributed by atoms with Crippen molar-refractivity contribution < 1.29 is 14.1 Å². The van der Waals surface area contributed by atoms with Gasteiger partial charge in [0.1, 0.15) is 12.1 Å². The van der Waals surface area contributed by atoms with E-state index < -0.39 is 0 Å². The van der Waals surface area contributed by atoms with Crippen LogP contribution in [0.3, 0.4) is 0 Å². The summed E-state index contributed by atoms with van der Waals surface area (Å²) in [6.07, 6.45) is 2.97. The van der Waals surface area contributed by atoms with Crippen LogP contribution >= 0.6 is 11.6 Å². The fourth-order valence-corrected chi connectivity index (χ4v) is 4.27. The zero-order valence-corrected chi connectivity index (χ0v) is 17.8. The van der Waals surface area contributed by atoms with Crippen LogP contribution in [-0.4, -0.2) is 47.4 Å². The third kappa shape index (κ3) is 4.49. The summed E-state index contributed by atoms with van der Waals surface area (Å²) >= 11 is 5.67. The molecular formula is C24H24ClN3O3. The maximum atomic E-state index is 13.2. The Labute approximate surface area is 186 Å². The number of carbonyl (C=O) groups is 2. The summed E-state index contributed by atoms with van der Waals surface area (Å²) in [5.41, 5.74) is 2.83. The smallest absolute Gasteiger partial charge is 0.276 e. The van der Waals surface area contributed by atoms with Gasteiger partial charge in [-0.25, -0.2) is 0 Å². The van der Waals surface area contributed by atoms with Crippen molar-refractivity contribution in [3.05, 3.63) is 78.2 Å². The second-order valence-corrected chi connectivity index (χ2v) is 8.06. The van der Waals surface area contributed by atoms with Gasteiger partial charge in [-0.15, -0.1) is 11.6 Å². The standard InChI is InChI=1S/C24H24ClN3O3/c25-15-21(29)26-17-24(19-9-5-2-6-10-19)11-13-28(14-12-24)23(30)22-20(16-31-27-22)18-7-3-1-4-8-18/h1-10,16H,11-15,17H2,(H,26,29). The summed E-state index contributed by atoms with van der Waals surface area (Å²) in [7, 11) is 0. The van der Waals surface area contributed by atoms with Crippen molar-refractivity contribution in [2.75, 3.05) is 25.5 Å². The Bertz CT molecular complexity index is 1030. The Kier molecular flexibility index (Phi) is 6.37. The molecule has 0 spiro atoms. The van der Waals surface area contributed by atoms with Crippen molar-refractivity contribution in [2.45, 2.75) is 18.3 Å². The largest absolute Gasteiger partial charge is 0.363 e. The van der Waals surface area contributed by atoms with E-state index in [1.54, 1.807) is 0 Å². The molecule has 0 aliphatic carbocycles. The Hall–Kier alpha value is -3.12. The van der Waals surface area contributed by atoms with Crippen LogP contribution in [-0.2, 0) is 10.2 Å². The molecule has 0 unspecified atom stereocenters. The predicted molar refractivity (Wildman–Crippen MR) is 119 cm³/mol. The summed E-state index contributed by atoms with van der Waals surface area (Å²) in [4.78, 5) is 26.8. The molecule has 1 N–H and O–H groups in total. The zero-order valence-electron chi connectivity index (χ0n) is 17.1. The van der Waals surface area contributed by atoms with E-state index in [9.17, 15) is 9.59 Å². The SMILES string of the molecule is O=C(CCl)NCC1(c2ccccc2)CCN(C(=O)c2nocc2-c2ccccc2)CC1. The number of hydrogen-bond donors (Lipinski definition) is 1. The third-order valence-electron chi connectivity index (χ3n) is 6.00. The van der Waals surface area contributed by atoms with Crippen LogP contribution in [0.4, 0.5) is 0 Å². The molecule has 2 aromatic carbocycles. The van der Waals surface area contributed by atoms with E-state index in [0.717, 1.165) is 24.0 Å². The number of nitrogens with one attached hydrogen (secondary N) is 1. The molecule has 0 bridgehead atoms. The van der Waals surface area contributed by atoms with E-state index in [2.05, 4.69) is 22.6 Å². The highest BCUT2D eigenvalue weighted by Gasteiger charge is 2.38. The fraction of sp³-hybridized carbons (Fsp3) is 0.292. The highest BCUT2D eigenvalue weighted by molar-refractivity contribution is 6.27. The number of nitrogens with zero attached hydrogens (tertiary/aromatic N) is 2. The molecule has 0 atom stereocenters. The van der Waals surface area contributed by atoms with Gasteiger partial charge in [-0.3, -0.25) is 9.59 Å². The van der Waals surface area contributed by atoms with Gasteiger partial charge in [0.15, 0.2) is 5.69 Å². The summed E-state index contributed by atoms with van der Waals surface area (Å²) in [5.74, 6) is -0.395. The summed E-state index contributed by atoms with van der Waals surface area (Å²) in [6, 6.07) is 19.8. The van der Waals surface area contributed by atoms with Gasteiger partial charge in [-0.05, 0) is 24.0 Å². The Balaban J connectivity index is 1.52. The maximum absolute atomic E-state index is 13.2. The third-order valence-corrected chi connectivity index (χ3v) is 6.24. The molecule has 2 amide bonds. The first-order valence-corrected chi connectivity index (χ1v) is 10.8. The molecule has 3 aromatic rings. The Morgan fingerprint density at radius 3 is 2.32 bits per heavy atom. The molecule has 160 valence electrons. The molecule has 1 aliphatic rings. The predicted octanol–water partition coefficient (Wildman–Crippen LogP) is 3.87. The lowest BCUT2D eigenvalue weighted by atomic mass is 9.72. The van der Waals surface area contributed by atoms with Gasteiger partial charge in [0.05, 0.1) is 5.56 Å². The fourth-order valence-electron chi connectivity index (χ4n) is 4.18. The molecule has 0 radical (unpaired) electrons. The summed E-state index contributed by atoms with van der Waals surface area (Å²) in [5, 5.41) is 6.94. The van der Waals surface area contributed by atoms with Gasteiger partial charge in [0, 0.05) is 25.0 Å². The van der Waals surface area contributed by atoms with Crippen molar-refractivity contribution in [1.82, 2.24) is 15.4 Å². The normalized spacial score (nSPS) is 15.5. The summed E-state index contributed by atoms with van der Waals surface area (Å²) < 4.78 is 5.14. The lowest BCUT2D eigenvalue weighted by molar-refractivity contribution is -0.119. The van der Waals surface area contributed by atoms with Crippen molar-refractivity contribution >= 4 is 23.4 Å². The average molecular weight is 438 g/mol. The molecule has 1 fully saturated rings. The molecule has 2 heterocycles. The molecule has 1 saturated heterocycles. The molecule has 4 rings (SSSR count). The second-order valence-electron chi connectivity index (χ2n) is 7.79. The molecule has 1 aromatic heterocycles. The minimum Gasteiger partial charge on any atom is -0.363 e. The van der Waals surface area contributed by atoms with Crippen LogP contribution in [0.5, 0.6) is 0 Å². The van der Waals surface area contributed by atoms with E-state index >= 15 is 0 Å². The number of benzene rings is 2. The molecular weight excluding hydrogens is 414 g/mol. The van der Waals surface area contributed by atoms with Gasteiger partial charge in [0.25, 0.3) is 5.91 Å². The van der Waals surface area contributed by atoms with Crippen molar-refractivity contribution in [3.63, 3.8) is 0 Å². The van der Waals surface area contributed by atoms with Crippen LogP contribution in [0.2, 0.25) is 0 Å². The van der Waals surface area contributed by atoms with Crippen LogP contribution in [0, 0.1) is 0 Å². The van der Waals surface area contributed by atoms with Crippen LogP contribution in [0.15, 0.2) is 71.4 Å². The first-order chi connectivity index (χ1) is 15.1. The number of alkyl halides is 1. The van der Waals surface area contributed by atoms with Crippen LogP contribution < -0.4 is 5.32 Å². The molecule has 0 saturated carbocycles. The van der Waals surface area contributed by atoms with Gasteiger partial charge >= 0.3 is 0 Å². The van der Waals surface area contributed by atoms with E-state index in [1.807, 2.05) is 53.4 Å². The zero-order chi connectivity index (χ0) is 21.7. The first-order valence-electron chi connectivity index (χ1n) is 10.3.